The summed E-state index contributed by atoms with van der Waals surface area (Å²) in [5.41, 5.74) is 2.83. The van der Waals surface area contributed by atoms with Crippen LogP contribution in [-0.2, 0) is 4.74 Å². The van der Waals surface area contributed by atoms with E-state index in [-0.39, 0.29) is 19.8 Å². The number of nitrogens with zero attached hydrogens (tertiary/aromatic N) is 2. The Morgan fingerprint density at radius 2 is 1.91 bits per heavy atom. The number of aliphatic hydroxyl groups excluding tert-OH is 2. The van der Waals surface area contributed by atoms with E-state index in [0.717, 1.165) is 16.7 Å². The van der Waals surface area contributed by atoms with Crippen LogP contribution in [0.15, 0.2) is 60.9 Å². The first-order valence-electron chi connectivity index (χ1n) is 10.7. The van der Waals surface area contributed by atoms with Crippen molar-refractivity contribution in [2.24, 2.45) is 0 Å². The van der Waals surface area contributed by atoms with Crippen LogP contribution in [-0.4, -0.2) is 50.5 Å². The Morgan fingerprint density at radius 1 is 1.24 bits per heavy atom. The molecule has 1 fully saturated rings. The molecule has 3 atom stereocenters. The first kappa shape index (κ1) is 23.7. The summed E-state index contributed by atoms with van der Waals surface area (Å²) in [6, 6.07) is 14.9. The molecule has 3 N–H and O–H groups in total. The maximum atomic E-state index is 11.2. The van der Waals surface area contributed by atoms with E-state index in [1.165, 1.54) is 0 Å². The molecule has 0 saturated carbocycles. The zero-order valence-corrected chi connectivity index (χ0v) is 19.4. The van der Waals surface area contributed by atoms with Gasteiger partial charge in [-0.2, -0.15) is 0 Å². The maximum absolute atomic E-state index is 11.2. The summed E-state index contributed by atoms with van der Waals surface area (Å²) in [4.78, 5) is 14.4. The summed E-state index contributed by atoms with van der Waals surface area (Å²) in [7, 11) is 0. The molecule has 1 amide bonds. The van der Waals surface area contributed by atoms with Gasteiger partial charge in [0, 0.05) is 18.0 Å². The molecule has 1 aromatic heterocycles. The summed E-state index contributed by atoms with van der Waals surface area (Å²) in [5.74, 6) is 7.23. The Hall–Kier alpha value is -3.45. The monoisotopic (exact) mass is 479 g/mol. The van der Waals surface area contributed by atoms with Crippen LogP contribution in [0.1, 0.15) is 30.5 Å². The van der Waals surface area contributed by atoms with Crippen LogP contribution in [0.3, 0.4) is 0 Å². The highest BCUT2D eigenvalue weighted by atomic mass is 32.1. The second-order valence-electron chi connectivity index (χ2n) is 7.92. The highest BCUT2D eigenvalue weighted by molar-refractivity contribution is 7.81. The van der Waals surface area contributed by atoms with E-state index in [1.54, 1.807) is 23.9 Å². The highest BCUT2D eigenvalue weighted by Crippen LogP contribution is 2.26. The van der Waals surface area contributed by atoms with Gasteiger partial charge in [0.15, 0.2) is 0 Å². The van der Waals surface area contributed by atoms with Gasteiger partial charge in [0.25, 0.3) is 0 Å². The minimum Gasteiger partial charge on any atom is -0.488 e. The van der Waals surface area contributed by atoms with E-state index < -0.39 is 23.2 Å². The summed E-state index contributed by atoms with van der Waals surface area (Å²) >= 11 is 4.35. The first-order valence-corrected chi connectivity index (χ1v) is 11.2. The number of nitrogens with one attached hydrogen (secondary N) is 1. The van der Waals surface area contributed by atoms with Crippen molar-refractivity contribution in [3.63, 3.8) is 0 Å². The summed E-state index contributed by atoms with van der Waals surface area (Å²) in [6.07, 6.45) is 2.02. The van der Waals surface area contributed by atoms with Crippen molar-refractivity contribution in [3.8, 4) is 28.7 Å². The molecular formula is C25H25N3O5S. The van der Waals surface area contributed by atoms with Gasteiger partial charge in [-0.05, 0) is 42.3 Å². The number of benzene rings is 2. The number of amides is 1. The Balaban J connectivity index is 1.40. The van der Waals surface area contributed by atoms with Crippen molar-refractivity contribution in [2.75, 3.05) is 19.8 Å². The lowest BCUT2D eigenvalue weighted by Crippen LogP contribution is -2.33. The zero-order chi connectivity index (χ0) is 24.1. The van der Waals surface area contributed by atoms with Gasteiger partial charge >= 0.3 is 6.09 Å². The Labute approximate surface area is 203 Å². The van der Waals surface area contributed by atoms with Crippen molar-refractivity contribution >= 4 is 18.7 Å². The first-order chi connectivity index (χ1) is 16.4. The number of rotatable bonds is 7. The topological polar surface area (TPSA) is 106 Å². The Bertz CT molecular complexity index is 1200. The second kappa shape index (κ2) is 10.2. The number of aliphatic hydroxyl groups is 2. The van der Waals surface area contributed by atoms with Crippen molar-refractivity contribution in [3.05, 3.63) is 72.3 Å². The van der Waals surface area contributed by atoms with Gasteiger partial charge in [-0.15, -0.1) is 12.6 Å². The van der Waals surface area contributed by atoms with Crippen LogP contribution in [0.4, 0.5) is 4.79 Å². The average molecular weight is 480 g/mol. The minimum absolute atomic E-state index is 0.133. The maximum Gasteiger partial charge on any atom is 0.408 e. The lowest BCUT2D eigenvalue weighted by molar-refractivity contribution is 0.0839. The number of hydrogen-bond acceptors (Lipinski definition) is 7. The molecular weight excluding hydrogens is 454 g/mol. The molecule has 34 heavy (non-hydrogen) atoms. The van der Waals surface area contributed by atoms with Crippen LogP contribution < -0.4 is 10.1 Å². The van der Waals surface area contributed by atoms with E-state index in [0.29, 0.717) is 11.6 Å². The van der Waals surface area contributed by atoms with E-state index in [4.69, 9.17) is 9.47 Å². The number of alkyl carbamates (subject to hydrolysis) is 1. The van der Waals surface area contributed by atoms with Crippen LogP contribution in [0, 0.1) is 11.8 Å². The van der Waals surface area contributed by atoms with Crippen LogP contribution >= 0.6 is 12.6 Å². The molecule has 0 radical (unpaired) electrons. The predicted octanol–water partition coefficient (Wildman–Crippen LogP) is 2.93. The third-order valence-electron chi connectivity index (χ3n) is 5.29. The summed E-state index contributed by atoms with van der Waals surface area (Å²) in [6.45, 7) is 1.85. The van der Waals surface area contributed by atoms with Gasteiger partial charge in [-0.3, -0.25) is 0 Å². The van der Waals surface area contributed by atoms with Crippen molar-refractivity contribution < 1.29 is 24.5 Å². The number of aromatic nitrogens is 2. The second-order valence-corrected chi connectivity index (χ2v) is 8.73. The lowest BCUT2D eigenvalue weighted by atomic mass is 10.0. The molecule has 1 aliphatic heterocycles. The van der Waals surface area contributed by atoms with Gasteiger partial charge in [0.05, 0.1) is 13.2 Å². The standard InChI is InChI=1S/C25H25N3O5S/c1-17(30)23-26-12-13-28(23)21(14-29)9-4-18-2-5-19(6-3-18)20-7-10-22(11-8-20)32-16-25(34)15-27-24(31)33-25/h2-3,5-8,10-13,17,21,29-30,34H,14-16H2,1H3,(H,27,31)/t17-,21-,25+/m0/s1. The van der Waals surface area contributed by atoms with Crippen molar-refractivity contribution in [1.82, 2.24) is 14.9 Å². The number of carbonyl (C=O) groups is 1. The van der Waals surface area contributed by atoms with Crippen LogP contribution in [0.2, 0.25) is 0 Å². The lowest BCUT2D eigenvalue weighted by Gasteiger charge is -2.20. The van der Waals surface area contributed by atoms with Gasteiger partial charge in [-0.1, -0.05) is 36.1 Å². The van der Waals surface area contributed by atoms with Crippen LogP contribution in [0.5, 0.6) is 5.75 Å². The largest absolute Gasteiger partial charge is 0.488 e. The normalized spacial score (nSPS) is 18.9. The quantitative estimate of drug-likeness (QED) is 0.307. The molecule has 0 spiro atoms. The average Bonchev–Trinajstić information content (AvgIpc) is 3.46. The number of thiol groups is 1. The van der Waals surface area contributed by atoms with Crippen molar-refractivity contribution in [1.29, 1.82) is 0 Å². The molecule has 0 bridgehead atoms. The number of carbonyl (C=O) groups excluding carboxylic acids is 1. The van der Waals surface area contributed by atoms with E-state index in [1.807, 2.05) is 48.5 Å². The molecule has 176 valence electrons. The van der Waals surface area contributed by atoms with E-state index in [2.05, 4.69) is 34.8 Å². The summed E-state index contributed by atoms with van der Waals surface area (Å²) < 4.78 is 12.5. The molecule has 9 heteroatoms. The van der Waals surface area contributed by atoms with Crippen LogP contribution in [0.25, 0.3) is 11.1 Å². The highest BCUT2D eigenvalue weighted by Gasteiger charge is 2.37. The zero-order valence-electron chi connectivity index (χ0n) is 18.5. The molecule has 4 rings (SSSR count). The SMILES string of the molecule is C[C@H](O)c1nccn1[C@@H](C#Cc1ccc(-c2ccc(OC[C@]3(S)CNC(=O)O3)cc2)cc1)CO. The van der Waals surface area contributed by atoms with Gasteiger partial charge < -0.3 is 29.6 Å². The van der Waals surface area contributed by atoms with Gasteiger partial charge in [0.2, 0.25) is 4.93 Å². The molecule has 8 nitrogen and oxygen atoms in total. The fraction of sp³-hybridized carbons (Fsp3) is 0.280. The molecule has 0 unspecified atom stereocenters. The third kappa shape index (κ3) is 5.54. The Morgan fingerprint density at radius 3 is 2.50 bits per heavy atom. The molecule has 0 aliphatic carbocycles. The minimum atomic E-state index is -0.975. The summed E-state index contributed by atoms with van der Waals surface area (Å²) in [5, 5.41) is 22.1. The Kier molecular flexibility index (Phi) is 7.12. The van der Waals surface area contributed by atoms with E-state index >= 15 is 0 Å². The number of ether oxygens (including phenoxy) is 2. The van der Waals surface area contributed by atoms with E-state index in [9.17, 15) is 15.0 Å². The molecule has 1 aliphatic rings. The smallest absolute Gasteiger partial charge is 0.408 e. The number of imidazole rings is 1. The number of hydrogen-bond donors (Lipinski definition) is 4. The van der Waals surface area contributed by atoms with Gasteiger partial charge in [-0.25, -0.2) is 9.78 Å². The fourth-order valence-electron chi connectivity index (χ4n) is 3.50. The predicted molar refractivity (Wildman–Crippen MR) is 129 cm³/mol. The molecule has 3 aromatic rings. The number of cyclic esters (lactones) is 1. The molecule has 1 saturated heterocycles. The third-order valence-corrected chi connectivity index (χ3v) is 5.67. The van der Waals surface area contributed by atoms with Crippen molar-refractivity contribution in [2.45, 2.75) is 24.0 Å². The molecule has 2 heterocycles. The fourth-order valence-corrected chi connectivity index (χ4v) is 3.73. The molecule has 2 aromatic carbocycles. The van der Waals surface area contributed by atoms with Gasteiger partial charge in [0.1, 0.15) is 30.3 Å².